The minimum Gasteiger partial charge on any atom is -0.494 e. The molecule has 7 heteroatoms. The fourth-order valence-electron chi connectivity index (χ4n) is 2.01. The van der Waals surface area contributed by atoms with Gasteiger partial charge in [-0.05, 0) is 42.8 Å². The first kappa shape index (κ1) is 18.9. The van der Waals surface area contributed by atoms with Crippen molar-refractivity contribution in [3.63, 3.8) is 0 Å². The van der Waals surface area contributed by atoms with Crippen molar-refractivity contribution in [3.8, 4) is 5.75 Å². The van der Waals surface area contributed by atoms with Gasteiger partial charge in [0, 0.05) is 4.47 Å². The summed E-state index contributed by atoms with van der Waals surface area (Å²) < 4.78 is 24.4. The van der Waals surface area contributed by atoms with Gasteiger partial charge in [-0.3, -0.25) is 9.59 Å². The Labute approximate surface area is 153 Å². The molecule has 2 aromatic carbocycles. The second-order valence-corrected chi connectivity index (χ2v) is 6.00. The average Bonchev–Trinajstić information content (AvgIpc) is 2.58. The highest BCUT2D eigenvalue weighted by atomic mass is 79.9. The highest BCUT2D eigenvalue weighted by molar-refractivity contribution is 9.10. The molecule has 0 saturated carbocycles. The maximum absolute atomic E-state index is 13.6. The number of benzene rings is 2. The zero-order chi connectivity index (χ0) is 18.2. The molecule has 0 unspecified atom stereocenters. The van der Waals surface area contributed by atoms with E-state index in [0.29, 0.717) is 11.1 Å². The van der Waals surface area contributed by atoms with E-state index in [1.165, 1.54) is 12.1 Å². The lowest BCUT2D eigenvalue weighted by Gasteiger charge is -2.08. The highest BCUT2D eigenvalue weighted by Gasteiger charge is 2.11. The van der Waals surface area contributed by atoms with Crippen LogP contribution in [0.2, 0.25) is 0 Å². The molecular formula is C18H17BrFNO4. The largest absolute Gasteiger partial charge is 0.494 e. The van der Waals surface area contributed by atoms with E-state index < -0.39 is 24.3 Å². The number of hydrogen-bond donors (Lipinski definition) is 1. The summed E-state index contributed by atoms with van der Waals surface area (Å²) in [7, 11) is 0. The molecule has 2 rings (SSSR count). The van der Waals surface area contributed by atoms with Gasteiger partial charge in [0.1, 0.15) is 11.6 Å². The predicted molar refractivity (Wildman–Crippen MR) is 95.0 cm³/mol. The van der Waals surface area contributed by atoms with E-state index >= 15 is 0 Å². The van der Waals surface area contributed by atoms with Gasteiger partial charge in [-0.2, -0.15) is 0 Å². The van der Waals surface area contributed by atoms with E-state index in [1.54, 1.807) is 30.3 Å². The van der Waals surface area contributed by atoms with Crippen molar-refractivity contribution in [2.75, 3.05) is 18.5 Å². The molecule has 0 aliphatic heterocycles. The monoisotopic (exact) mass is 409 g/mol. The van der Waals surface area contributed by atoms with Crippen LogP contribution in [0.3, 0.4) is 0 Å². The molecule has 1 N–H and O–H groups in total. The third-order valence-corrected chi connectivity index (χ3v) is 3.65. The number of carbonyl (C=O) groups excluding carboxylic acids is 2. The molecule has 132 valence electrons. The van der Waals surface area contributed by atoms with Crippen LogP contribution in [0.25, 0.3) is 0 Å². The Morgan fingerprint density at radius 3 is 2.52 bits per heavy atom. The summed E-state index contributed by atoms with van der Waals surface area (Å²) in [6, 6.07) is 11.3. The lowest BCUT2D eigenvalue weighted by molar-refractivity contribution is -0.146. The van der Waals surface area contributed by atoms with Crippen LogP contribution in [0.5, 0.6) is 5.75 Å². The summed E-state index contributed by atoms with van der Waals surface area (Å²) in [5, 5.41) is 2.35. The van der Waals surface area contributed by atoms with Crippen molar-refractivity contribution >= 4 is 33.5 Å². The zero-order valence-corrected chi connectivity index (χ0v) is 15.1. The third kappa shape index (κ3) is 6.19. The number of anilines is 1. The maximum atomic E-state index is 13.6. The van der Waals surface area contributed by atoms with Crippen LogP contribution in [0.4, 0.5) is 10.1 Å². The van der Waals surface area contributed by atoms with Gasteiger partial charge in [0.05, 0.1) is 18.7 Å². The van der Waals surface area contributed by atoms with E-state index in [4.69, 9.17) is 9.47 Å². The molecule has 0 atom stereocenters. The van der Waals surface area contributed by atoms with Crippen LogP contribution in [0.1, 0.15) is 12.5 Å². The lowest BCUT2D eigenvalue weighted by atomic mass is 10.1. The minimum atomic E-state index is -0.610. The third-order valence-electron chi connectivity index (χ3n) is 3.15. The van der Waals surface area contributed by atoms with E-state index in [-0.39, 0.29) is 12.1 Å². The summed E-state index contributed by atoms with van der Waals surface area (Å²) in [6.45, 7) is 1.97. The summed E-state index contributed by atoms with van der Waals surface area (Å²) in [5.41, 5.74) is 0.767. The van der Waals surface area contributed by atoms with Gasteiger partial charge in [-0.25, -0.2) is 4.39 Å². The second-order valence-electron chi connectivity index (χ2n) is 5.09. The fraction of sp³-hybridized carbons (Fsp3) is 0.222. The quantitative estimate of drug-likeness (QED) is 0.707. The van der Waals surface area contributed by atoms with Gasteiger partial charge in [0.15, 0.2) is 6.61 Å². The van der Waals surface area contributed by atoms with Crippen molar-refractivity contribution in [3.05, 3.63) is 58.3 Å². The normalized spacial score (nSPS) is 10.2. The molecule has 0 heterocycles. The van der Waals surface area contributed by atoms with Crippen molar-refractivity contribution in [2.24, 2.45) is 0 Å². The first-order valence-corrected chi connectivity index (χ1v) is 8.39. The summed E-state index contributed by atoms with van der Waals surface area (Å²) >= 11 is 3.13. The topological polar surface area (TPSA) is 64.6 Å². The number of nitrogens with one attached hydrogen (secondary N) is 1. The second kappa shape index (κ2) is 9.17. The Morgan fingerprint density at radius 1 is 1.16 bits per heavy atom. The van der Waals surface area contributed by atoms with Crippen LogP contribution in [0, 0.1) is 5.82 Å². The lowest BCUT2D eigenvalue weighted by Crippen LogP contribution is -2.22. The molecule has 0 radical (unpaired) electrons. The summed E-state index contributed by atoms with van der Waals surface area (Å²) in [6.07, 6.45) is 0.0341. The van der Waals surface area contributed by atoms with Crippen molar-refractivity contribution in [2.45, 2.75) is 13.3 Å². The molecular weight excluding hydrogens is 393 g/mol. The summed E-state index contributed by atoms with van der Waals surface area (Å²) in [4.78, 5) is 23.5. The number of amides is 1. The highest BCUT2D eigenvalue weighted by Crippen LogP contribution is 2.19. The van der Waals surface area contributed by atoms with E-state index in [2.05, 4.69) is 21.2 Å². The molecule has 0 aliphatic carbocycles. The molecule has 0 fully saturated rings. The molecule has 0 bridgehead atoms. The van der Waals surface area contributed by atoms with Crippen LogP contribution in [0.15, 0.2) is 46.9 Å². The smallest absolute Gasteiger partial charge is 0.310 e. The SMILES string of the molecule is CCOc1ccc(CC(=O)OCC(=O)Nc2ccc(Br)cc2F)cc1. The van der Waals surface area contributed by atoms with Gasteiger partial charge in [0.25, 0.3) is 5.91 Å². The molecule has 5 nitrogen and oxygen atoms in total. The maximum Gasteiger partial charge on any atom is 0.310 e. The van der Waals surface area contributed by atoms with Gasteiger partial charge < -0.3 is 14.8 Å². The van der Waals surface area contributed by atoms with Crippen molar-refractivity contribution < 1.29 is 23.5 Å². The van der Waals surface area contributed by atoms with E-state index in [9.17, 15) is 14.0 Å². The van der Waals surface area contributed by atoms with Gasteiger partial charge in [-0.1, -0.05) is 28.1 Å². The Balaban J connectivity index is 1.79. The molecule has 0 aromatic heterocycles. The van der Waals surface area contributed by atoms with Gasteiger partial charge >= 0.3 is 5.97 Å². The van der Waals surface area contributed by atoms with E-state index in [0.717, 1.165) is 11.3 Å². The van der Waals surface area contributed by atoms with Crippen molar-refractivity contribution in [1.82, 2.24) is 0 Å². The Morgan fingerprint density at radius 2 is 1.88 bits per heavy atom. The number of carbonyl (C=O) groups is 2. The van der Waals surface area contributed by atoms with Gasteiger partial charge in [-0.15, -0.1) is 0 Å². The molecule has 0 aliphatic rings. The number of halogens is 2. The van der Waals surface area contributed by atoms with Crippen LogP contribution in [-0.4, -0.2) is 25.1 Å². The molecule has 1 amide bonds. The molecule has 0 spiro atoms. The zero-order valence-electron chi connectivity index (χ0n) is 13.6. The standard InChI is InChI=1S/C18H17BrFNO4/c1-2-24-14-6-3-12(4-7-14)9-18(23)25-11-17(22)21-16-8-5-13(19)10-15(16)20/h3-8,10H,2,9,11H2,1H3,(H,21,22). The molecule has 25 heavy (non-hydrogen) atoms. The Bertz CT molecular complexity index is 749. The van der Waals surface area contributed by atoms with Crippen LogP contribution >= 0.6 is 15.9 Å². The predicted octanol–water partition coefficient (Wildman–Crippen LogP) is 3.71. The van der Waals surface area contributed by atoms with E-state index in [1.807, 2.05) is 6.92 Å². The number of hydrogen-bond acceptors (Lipinski definition) is 4. The number of ether oxygens (including phenoxy) is 2. The van der Waals surface area contributed by atoms with Gasteiger partial charge in [0.2, 0.25) is 0 Å². The number of rotatable bonds is 7. The van der Waals surface area contributed by atoms with Crippen LogP contribution < -0.4 is 10.1 Å². The average molecular weight is 410 g/mol. The molecule has 0 saturated heterocycles. The fourth-order valence-corrected chi connectivity index (χ4v) is 2.34. The number of esters is 1. The Kier molecular flexibility index (Phi) is 6.94. The van der Waals surface area contributed by atoms with Crippen molar-refractivity contribution in [1.29, 1.82) is 0 Å². The molecule has 2 aromatic rings. The first-order chi connectivity index (χ1) is 12.0. The first-order valence-electron chi connectivity index (χ1n) is 7.60. The summed E-state index contributed by atoms with van der Waals surface area (Å²) in [5.74, 6) is -1.02. The minimum absolute atomic E-state index is 0.0239. The Hall–Kier alpha value is -2.41. The van der Waals surface area contributed by atoms with Crippen LogP contribution in [-0.2, 0) is 20.7 Å².